The third-order valence-corrected chi connectivity index (χ3v) is 5.31. The first-order valence-corrected chi connectivity index (χ1v) is 10.7. The molecule has 3 unspecified atom stereocenters. The molecule has 1 fully saturated rings. The molecule has 172 valence electrons. The van der Waals surface area contributed by atoms with Gasteiger partial charge in [0.2, 0.25) is 23.6 Å². The maximum atomic E-state index is 13.2. The smallest absolute Gasteiger partial charge is 0.246 e. The number of carbonyl (C=O) groups is 4. The molecule has 0 aromatic heterocycles. The average molecular weight is 433 g/mol. The van der Waals surface area contributed by atoms with Crippen LogP contribution in [0.5, 0.6) is 0 Å². The van der Waals surface area contributed by atoms with Gasteiger partial charge in [-0.05, 0) is 32.6 Å². The summed E-state index contributed by atoms with van der Waals surface area (Å²) >= 11 is 0. The zero-order chi connectivity index (χ0) is 23.6. The van der Waals surface area contributed by atoms with E-state index in [1.54, 1.807) is 39.2 Å². The molecule has 31 heavy (non-hydrogen) atoms. The van der Waals surface area contributed by atoms with E-state index < -0.39 is 24.0 Å². The average Bonchev–Trinajstić information content (AvgIpc) is 2.72. The minimum Gasteiger partial charge on any atom is -0.354 e. The van der Waals surface area contributed by atoms with E-state index in [9.17, 15) is 19.2 Å². The molecule has 0 aromatic carbocycles. The van der Waals surface area contributed by atoms with E-state index in [2.05, 4.69) is 10.6 Å². The largest absolute Gasteiger partial charge is 0.354 e. The molecule has 0 aliphatic carbocycles. The molecule has 3 atom stereocenters. The number of nitrogens with zero attached hydrogens (tertiary/aromatic N) is 2. The molecule has 1 aliphatic heterocycles. The molecule has 0 radical (unpaired) electrons. The molecular weight excluding hydrogens is 396 g/mol. The molecular formula is C23H36N4O4. The number of allylic oxidation sites excluding steroid dienone is 5. The summed E-state index contributed by atoms with van der Waals surface area (Å²) in [5.74, 6) is -1.45. The third kappa shape index (κ3) is 7.70. The van der Waals surface area contributed by atoms with E-state index in [-0.39, 0.29) is 23.6 Å². The van der Waals surface area contributed by atoms with Crippen LogP contribution >= 0.6 is 0 Å². The van der Waals surface area contributed by atoms with Crippen molar-refractivity contribution in [2.75, 3.05) is 20.6 Å². The van der Waals surface area contributed by atoms with Gasteiger partial charge in [0.15, 0.2) is 0 Å². The van der Waals surface area contributed by atoms with Crippen LogP contribution in [0.3, 0.4) is 0 Å². The van der Waals surface area contributed by atoms with Crippen LogP contribution in [0.25, 0.3) is 0 Å². The van der Waals surface area contributed by atoms with Crippen molar-refractivity contribution in [2.45, 2.75) is 58.7 Å². The van der Waals surface area contributed by atoms with Crippen molar-refractivity contribution < 1.29 is 19.2 Å². The van der Waals surface area contributed by atoms with E-state index in [4.69, 9.17) is 0 Å². The van der Waals surface area contributed by atoms with Crippen molar-refractivity contribution in [1.29, 1.82) is 0 Å². The number of likely N-dealkylation sites (N-methyl/N-ethyl adjacent to an activating group) is 2. The summed E-state index contributed by atoms with van der Waals surface area (Å²) in [6.45, 7) is 7.61. The summed E-state index contributed by atoms with van der Waals surface area (Å²) in [5.41, 5.74) is 0. The molecule has 1 aliphatic rings. The molecule has 4 amide bonds. The molecule has 0 spiro atoms. The highest BCUT2D eigenvalue weighted by molar-refractivity contribution is 5.96. The van der Waals surface area contributed by atoms with Crippen LogP contribution in [0, 0.1) is 5.92 Å². The fourth-order valence-corrected chi connectivity index (χ4v) is 3.38. The fourth-order valence-electron chi connectivity index (χ4n) is 3.38. The Morgan fingerprint density at radius 2 is 1.71 bits per heavy atom. The number of hydrogen-bond donors (Lipinski definition) is 2. The summed E-state index contributed by atoms with van der Waals surface area (Å²) in [6.07, 6.45) is 11.0. The van der Waals surface area contributed by atoms with Gasteiger partial charge in [0.1, 0.15) is 18.1 Å². The Kier molecular flexibility index (Phi) is 10.7. The lowest BCUT2D eigenvalue weighted by Crippen LogP contribution is -2.59. The Balaban J connectivity index is 3.11. The van der Waals surface area contributed by atoms with Crippen LogP contribution < -0.4 is 10.6 Å². The van der Waals surface area contributed by atoms with Crippen LogP contribution in [-0.2, 0) is 19.2 Å². The number of hydrogen-bond acceptors (Lipinski definition) is 4. The van der Waals surface area contributed by atoms with Crippen LogP contribution in [0.1, 0.15) is 40.5 Å². The van der Waals surface area contributed by atoms with Gasteiger partial charge in [-0.1, -0.05) is 44.2 Å². The van der Waals surface area contributed by atoms with Crippen LogP contribution in [0.4, 0.5) is 0 Å². The molecule has 1 heterocycles. The van der Waals surface area contributed by atoms with Gasteiger partial charge in [0.25, 0.3) is 0 Å². The van der Waals surface area contributed by atoms with Crippen LogP contribution in [0.15, 0.2) is 36.5 Å². The molecule has 8 nitrogen and oxygen atoms in total. The maximum Gasteiger partial charge on any atom is 0.246 e. The second-order valence-corrected chi connectivity index (χ2v) is 8.03. The second-order valence-electron chi connectivity index (χ2n) is 8.03. The molecule has 0 saturated carbocycles. The van der Waals surface area contributed by atoms with Gasteiger partial charge in [-0.15, -0.1) is 0 Å². The lowest BCUT2D eigenvalue weighted by atomic mass is 9.98. The number of rotatable bonds is 5. The summed E-state index contributed by atoms with van der Waals surface area (Å²) in [5, 5.41) is 5.54. The van der Waals surface area contributed by atoms with Crippen LogP contribution in [-0.4, -0.2) is 72.2 Å². The molecule has 2 N–H and O–H groups in total. The first kappa shape index (κ1) is 26.1. The minimum absolute atomic E-state index is 0.171. The summed E-state index contributed by atoms with van der Waals surface area (Å²) in [7, 11) is 3.14. The maximum absolute atomic E-state index is 13.2. The number of amides is 4. The summed E-state index contributed by atoms with van der Waals surface area (Å²) in [6, 6.07) is -2.19. The second kappa shape index (κ2) is 12.7. The Morgan fingerprint density at radius 3 is 2.32 bits per heavy atom. The fraction of sp³-hybridized carbons (Fsp3) is 0.565. The van der Waals surface area contributed by atoms with Gasteiger partial charge in [-0.25, -0.2) is 0 Å². The molecule has 1 saturated heterocycles. The Bertz CT molecular complexity index is 742. The van der Waals surface area contributed by atoms with Gasteiger partial charge >= 0.3 is 0 Å². The number of carbonyl (C=O) groups excluding carboxylic acids is 4. The van der Waals surface area contributed by atoms with Crippen molar-refractivity contribution in [2.24, 2.45) is 5.92 Å². The third-order valence-electron chi connectivity index (χ3n) is 5.31. The molecule has 0 bridgehead atoms. The lowest BCUT2D eigenvalue weighted by molar-refractivity contribution is -0.150. The van der Waals surface area contributed by atoms with E-state index in [1.807, 2.05) is 32.9 Å². The Hall–Kier alpha value is -2.90. The minimum atomic E-state index is -0.797. The number of nitrogens with one attached hydrogen (secondary N) is 2. The standard InChI is InChI=1S/C23H36N4O4/c1-7-8-9-10-11-14-19(28)25-18-13-12-15-24-21(29)17(4)26(5)23(31)20(16(2)3)27(6)22(18)30/h7-11,14,16-18,20H,12-13,15H2,1-6H3,(H,24,29)(H,25,28)/b8-7+,10-9+,14-11-. The zero-order valence-electron chi connectivity index (χ0n) is 19.4. The highest BCUT2D eigenvalue weighted by Crippen LogP contribution is 2.17. The SMILES string of the molecule is C/C=C/C=C/C=C\C(=O)NC1CCCNC(=O)C(C)N(C)C(=O)C(C(C)C)N(C)C1=O. The first-order chi connectivity index (χ1) is 14.6. The van der Waals surface area contributed by atoms with Gasteiger partial charge < -0.3 is 20.4 Å². The zero-order valence-corrected chi connectivity index (χ0v) is 19.4. The van der Waals surface area contributed by atoms with E-state index >= 15 is 0 Å². The van der Waals surface area contributed by atoms with E-state index in [0.717, 1.165) is 0 Å². The van der Waals surface area contributed by atoms with Gasteiger partial charge in [0.05, 0.1) is 0 Å². The van der Waals surface area contributed by atoms with Gasteiger partial charge in [-0.2, -0.15) is 0 Å². The highest BCUT2D eigenvalue weighted by atomic mass is 16.2. The van der Waals surface area contributed by atoms with Crippen molar-refractivity contribution >= 4 is 23.6 Å². The van der Waals surface area contributed by atoms with E-state index in [1.165, 1.54) is 15.9 Å². The van der Waals surface area contributed by atoms with Crippen molar-refractivity contribution in [3.05, 3.63) is 36.5 Å². The summed E-state index contributed by atoms with van der Waals surface area (Å²) in [4.78, 5) is 53.8. The van der Waals surface area contributed by atoms with E-state index in [0.29, 0.717) is 19.4 Å². The normalized spacial score (nSPS) is 24.7. The monoisotopic (exact) mass is 432 g/mol. The molecule has 1 rings (SSSR count). The predicted octanol–water partition coefficient (Wildman–Crippen LogP) is 1.40. The molecule has 8 heteroatoms. The van der Waals surface area contributed by atoms with Crippen molar-refractivity contribution in [1.82, 2.24) is 20.4 Å². The first-order valence-electron chi connectivity index (χ1n) is 10.7. The highest BCUT2D eigenvalue weighted by Gasteiger charge is 2.37. The lowest BCUT2D eigenvalue weighted by Gasteiger charge is -2.37. The topological polar surface area (TPSA) is 98.8 Å². The van der Waals surface area contributed by atoms with Crippen molar-refractivity contribution in [3.63, 3.8) is 0 Å². The quantitative estimate of drug-likeness (QED) is 0.507. The Labute approximate surface area is 185 Å². The predicted molar refractivity (Wildman–Crippen MR) is 121 cm³/mol. The van der Waals surface area contributed by atoms with Gasteiger partial charge in [0, 0.05) is 26.7 Å². The van der Waals surface area contributed by atoms with Crippen molar-refractivity contribution in [3.8, 4) is 0 Å². The Morgan fingerprint density at radius 1 is 1.06 bits per heavy atom. The van der Waals surface area contributed by atoms with Gasteiger partial charge in [-0.3, -0.25) is 19.2 Å². The summed E-state index contributed by atoms with van der Waals surface area (Å²) < 4.78 is 0. The molecule has 0 aromatic rings. The van der Waals surface area contributed by atoms with Crippen LogP contribution in [0.2, 0.25) is 0 Å².